The minimum atomic E-state index is -0.273. The van der Waals surface area contributed by atoms with E-state index in [-0.39, 0.29) is 10.6 Å². The standard InChI is InChI=1S/C14H24N4O2/c1-4-8-15-12(10-6-7-10)9-13-14(18(19)20)11(5-2)16-17(13)3/h10,12,15H,4-9H2,1-3H3. The van der Waals surface area contributed by atoms with Crippen molar-refractivity contribution in [1.29, 1.82) is 0 Å². The maximum atomic E-state index is 11.3. The van der Waals surface area contributed by atoms with Crippen molar-refractivity contribution in [3.63, 3.8) is 0 Å². The van der Waals surface area contributed by atoms with Crippen LogP contribution >= 0.6 is 0 Å². The van der Waals surface area contributed by atoms with Crippen LogP contribution in [0.5, 0.6) is 0 Å². The third-order valence-electron chi connectivity index (χ3n) is 3.99. The van der Waals surface area contributed by atoms with Crippen LogP contribution in [0.1, 0.15) is 44.5 Å². The fraction of sp³-hybridized carbons (Fsp3) is 0.786. The van der Waals surface area contributed by atoms with Gasteiger partial charge in [-0.1, -0.05) is 13.8 Å². The molecule has 1 aromatic heterocycles. The summed E-state index contributed by atoms with van der Waals surface area (Å²) in [6.07, 6.45) is 4.84. The largest absolute Gasteiger partial charge is 0.313 e. The first-order chi connectivity index (χ1) is 9.58. The highest BCUT2D eigenvalue weighted by Gasteiger charge is 2.34. The van der Waals surface area contributed by atoms with Gasteiger partial charge in [-0.15, -0.1) is 0 Å². The molecule has 2 rings (SSSR count). The summed E-state index contributed by atoms with van der Waals surface area (Å²) >= 11 is 0. The first-order valence-electron chi connectivity index (χ1n) is 7.50. The lowest BCUT2D eigenvalue weighted by Crippen LogP contribution is -2.34. The van der Waals surface area contributed by atoms with E-state index >= 15 is 0 Å². The van der Waals surface area contributed by atoms with E-state index in [1.165, 1.54) is 12.8 Å². The number of hydrogen-bond donors (Lipinski definition) is 1. The monoisotopic (exact) mass is 280 g/mol. The van der Waals surface area contributed by atoms with Gasteiger partial charge in [0, 0.05) is 19.5 Å². The van der Waals surface area contributed by atoms with Gasteiger partial charge in [0.1, 0.15) is 11.4 Å². The Kier molecular flexibility index (Phi) is 4.75. The van der Waals surface area contributed by atoms with Crippen molar-refractivity contribution in [1.82, 2.24) is 15.1 Å². The second kappa shape index (κ2) is 6.35. The minimum Gasteiger partial charge on any atom is -0.313 e. The van der Waals surface area contributed by atoms with Crippen molar-refractivity contribution in [2.45, 2.75) is 52.0 Å². The van der Waals surface area contributed by atoms with Crippen LogP contribution in [0.3, 0.4) is 0 Å². The van der Waals surface area contributed by atoms with Crippen LogP contribution in [0, 0.1) is 16.0 Å². The van der Waals surface area contributed by atoms with Gasteiger partial charge in [-0.05, 0) is 38.1 Å². The van der Waals surface area contributed by atoms with Crippen molar-refractivity contribution >= 4 is 5.69 Å². The normalized spacial score (nSPS) is 16.4. The average molecular weight is 280 g/mol. The summed E-state index contributed by atoms with van der Waals surface area (Å²) in [6.45, 7) is 5.01. The molecule has 1 heterocycles. The fourth-order valence-electron chi connectivity index (χ4n) is 2.73. The number of nitrogens with one attached hydrogen (secondary N) is 1. The molecule has 1 aliphatic rings. The molecule has 1 saturated carbocycles. The summed E-state index contributed by atoms with van der Waals surface area (Å²) in [4.78, 5) is 11.1. The summed E-state index contributed by atoms with van der Waals surface area (Å²) in [6, 6.07) is 0.341. The number of aryl methyl sites for hydroxylation is 2. The van der Waals surface area contributed by atoms with Crippen molar-refractivity contribution in [2.75, 3.05) is 6.54 Å². The molecule has 1 aliphatic carbocycles. The molecule has 0 bridgehead atoms. The topological polar surface area (TPSA) is 73.0 Å². The quantitative estimate of drug-likeness (QED) is 0.585. The Labute approximate surface area is 119 Å². The van der Waals surface area contributed by atoms with Gasteiger partial charge in [-0.2, -0.15) is 5.10 Å². The lowest BCUT2D eigenvalue weighted by atomic mass is 10.0. The second-order valence-electron chi connectivity index (χ2n) is 5.58. The number of rotatable bonds is 8. The first-order valence-corrected chi connectivity index (χ1v) is 7.50. The molecule has 0 aliphatic heterocycles. The number of nitrogens with zero attached hydrogens (tertiary/aromatic N) is 3. The highest BCUT2D eigenvalue weighted by Crippen LogP contribution is 2.35. The maximum Gasteiger partial charge on any atom is 0.313 e. The average Bonchev–Trinajstić information content (AvgIpc) is 3.19. The van der Waals surface area contributed by atoms with Gasteiger partial charge in [0.25, 0.3) is 0 Å². The Morgan fingerprint density at radius 3 is 2.70 bits per heavy atom. The van der Waals surface area contributed by atoms with Crippen LogP contribution in [-0.2, 0) is 19.9 Å². The molecule has 0 amide bonds. The number of nitro groups is 1. The molecule has 112 valence electrons. The first kappa shape index (κ1) is 15.0. The van der Waals surface area contributed by atoms with Crippen molar-refractivity contribution in [3.8, 4) is 0 Å². The van der Waals surface area contributed by atoms with Crippen LogP contribution in [0.15, 0.2) is 0 Å². The van der Waals surface area contributed by atoms with Gasteiger partial charge < -0.3 is 5.32 Å². The summed E-state index contributed by atoms with van der Waals surface area (Å²) in [5.74, 6) is 0.668. The van der Waals surface area contributed by atoms with Crippen molar-refractivity contribution in [2.24, 2.45) is 13.0 Å². The van der Waals surface area contributed by atoms with Crippen molar-refractivity contribution < 1.29 is 4.92 Å². The SMILES string of the molecule is CCCNC(Cc1c([N+](=O)[O-])c(CC)nn1C)C1CC1. The zero-order valence-corrected chi connectivity index (χ0v) is 12.6. The van der Waals surface area contributed by atoms with E-state index in [4.69, 9.17) is 0 Å². The molecule has 0 aromatic carbocycles. The molecular formula is C14H24N4O2. The molecular weight excluding hydrogens is 256 g/mol. The predicted molar refractivity (Wildman–Crippen MR) is 77.8 cm³/mol. The van der Waals surface area contributed by atoms with E-state index in [0.29, 0.717) is 30.5 Å². The van der Waals surface area contributed by atoms with Crippen molar-refractivity contribution in [3.05, 3.63) is 21.5 Å². The van der Waals surface area contributed by atoms with Gasteiger partial charge >= 0.3 is 5.69 Å². The van der Waals surface area contributed by atoms with Gasteiger partial charge in [0.2, 0.25) is 0 Å². The predicted octanol–water partition coefficient (Wildman–Crippen LogP) is 2.21. The summed E-state index contributed by atoms with van der Waals surface area (Å²) in [5.41, 5.74) is 1.57. The van der Waals surface area contributed by atoms with E-state index in [2.05, 4.69) is 17.3 Å². The molecule has 6 heteroatoms. The summed E-state index contributed by atoms with van der Waals surface area (Å²) in [7, 11) is 1.81. The van der Waals surface area contributed by atoms with E-state index in [1.54, 1.807) is 4.68 Å². The van der Waals surface area contributed by atoms with Crippen LogP contribution in [0.25, 0.3) is 0 Å². The third-order valence-corrected chi connectivity index (χ3v) is 3.99. The van der Waals surface area contributed by atoms with Gasteiger partial charge in [0.05, 0.1) is 4.92 Å². The molecule has 0 spiro atoms. The molecule has 1 atom stereocenters. The Hall–Kier alpha value is -1.43. The summed E-state index contributed by atoms with van der Waals surface area (Å²) in [5, 5.41) is 19.2. The molecule has 0 saturated heterocycles. The lowest BCUT2D eigenvalue weighted by molar-refractivity contribution is -0.386. The molecule has 20 heavy (non-hydrogen) atoms. The lowest BCUT2D eigenvalue weighted by Gasteiger charge is -2.17. The zero-order valence-electron chi connectivity index (χ0n) is 12.6. The van der Waals surface area contributed by atoms with E-state index in [9.17, 15) is 10.1 Å². The Morgan fingerprint density at radius 1 is 1.50 bits per heavy atom. The van der Waals surface area contributed by atoms with Crippen LogP contribution in [0.4, 0.5) is 5.69 Å². The molecule has 1 unspecified atom stereocenters. The Morgan fingerprint density at radius 2 is 2.20 bits per heavy atom. The number of hydrogen-bond acceptors (Lipinski definition) is 4. The minimum absolute atomic E-state index is 0.221. The maximum absolute atomic E-state index is 11.3. The Bertz CT molecular complexity index is 480. The molecule has 1 N–H and O–H groups in total. The fourth-order valence-corrected chi connectivity index (χ4v) is 2.73. The van der Waals surface area contributed by atoms with Crippen LogP contribution in [-0.4, -0.2) is 27.3 Å². The number of aromatic nitrogens is 2. The molecule has 6 nitrogen and oxygen atoms in total. The van der Waals surface area contributed by atoms with E-state index in [0.717, 1.165) is 18.7 Å². The highest BCUT2D eigenvalue weighted by atomic mass is 16.6. The van der Waals surface area contributed by atoms with E-state index < -0.39 is 0 Å². The third kappa shape index (κ3) is 3.17. The summed E-state index contributed by atoms with van der Waals surface area (Å²) < 4.78 is 1.69. The van der Waals surface area contributed by atoms with Crippen LogP contribution < -0.4 is 5.32 Å². The zero-order chi connectivity index (χ0) is 14.7. The molecule has 1 aromatic rings. The van der Waals surface area contributed by atoms with Gasteiger partial charge in [-0.25, -0.2) is 0 Å². The van der Waals surface area contributed by atoms with Gasteiger partial charge in [-0.3, -0.25) is 14.8 Å². The van der Waals surface area contributed by atoms with Crippen LogP contribution in [0.2, 0.25) is 0 Å². The van der Waals surface area contributed by atoms with Gasteiger partial charge in [0.15, 0.2) is 0 Å². The Balaban J connectivity index is 2.22. The molecule has 0 radical (unpaired) electrons. The smallest absolute Gasteiger partial charge is 0.313 e. The second-order valence-corrected chi connectivity index (χ2v) is 5.58. The molecule has 1 fully saturated rings. The highest BCUT2D eigenvalue weighted by molar-refractivity contribution is 5.42. The van der Waals surface area contributed by atoms with E-state index in [1.807, 2.05) is 14.0 Å².